The summed E-state index contributed by atoms with van der Waals surface area (Å²) in [5.74, 6) is 0. The molecule has 120 valence electrons. The summed E-state index contributed by atoms with van der Waals surface area (Å²) in [6.07, 6.45) is -0.422. The van der Waals surface area contributed by atoms with Crippen LogP contribution in [0, 0.1) is 0 Å². The van der Waals surface area contributed by atoms with E-state index in [0.717, 1.165) is 24.3 Å². The Hall–Kier alpha value is -2.49. The minimum absolute atomic E-state index is 0.422. The van der Waals surface area contributed by atoms with E-state index in [9.17, 15) is 4.79 Å². The SMILES string of the molecule is CC(C)(C)OC(=O)Nc1ccccc1CN1Cc2ccccc21. The average molecular weight is 310 g/mol. The van der Waals surface area contributed by atoms with Crippen molar-refractivity contribution in [3.8, 4) is 0 Å². The summed E-state index contributed by atoms with van der Waals surface area (Å²) in [6, 6.07) is 16.2. The molecule has 23 heavy (non-hydrogen) atoms. The van der Waals surface area contributed by atoms with Crippen LogP contribution < -0.4 is 10.2 Å². The number of hydrogen-bond acceptors (Lipinski definition) is 3. The molecule has 0 aliphatic carbocycles. The van der Waals surface area contributed by atoms with E-state index in [0.29, 0.717) is 0 Å². The molecule has 0 atom stereocenters. The molecule has 1 amide bonds. The minimum atomic E-state index is -0.505. The normalized spacial score (nSPS) is 13.1. The van der Waals surface area contributed by atoms with Gasteiger partial charge in [0.1, 0.15) is 5.60 Å². The van der Waals surface area contributed by atoms with Crippen molar-refractivity contribution in [3.05, 3.63) is 59.7 Å². The van der Waals surface area contributed by atoms with Crippen molar-refractivity contribution in [1.82, 2.24) is 0 Å². The molecule has 4 nitrogen and oxygen atoms in total. The first-order valence-electron chi connectivity index (χ1n) is 7.83. The summed E-state index contributed by atoms with van der Waals surface area (Å²) in [6.45, 7) is 7.28. The van der Waals surface area contributed by atoms with Crippen LogP contribution in [-0.4, -0.2) is 11.7 Å². The van der Waals surface area contributed by atoms with Gasteiger partial charge in [-0.1, -0.05) is 36.4 Å². The minimum Gasteiger partial charge on any atom is -0.444 e. The maximum absolute atomic E-state index is 12.0. The zero-order valence-corrected chi connectivity index (χ0v) is 13.8. The molecule has 2 aromatic rings. The van der Waals surface area contributed by atoms with Crippen molar-refractivity contribution in [1.29, 1.82) is 0 Å². The van der Waals surface area contributed by atoms with E-state index < -0.39 is 11.7 Å². The van der Waals surface area contributed by atoms with Crippen LogP contribution in [0.1, 0.15) is 31.9 Å². The number of rotatable bonds is 3. The molecule has 0 saturated heterocycles. The predicted octanol–water partition coefficient (Wildman–Crippen LogP) is 4.55. The summed E-state index contributed by atoms with van der Waals surface area (Å²) in [4.78, 5) is 14.3. The fraction of sp³-hybridized carbons (Fsp3) is 0.316. The quantitative estimate of drug-likeness (QED) is 0.904. The lowest BCUT2D eigenvalue weighted by Gasteiger charge is -2.36. The Labute approximate surface area is 137 Å². The molecule has 0 spiro atoms. The molecule has 4 heteroatoms. The number of nitrogens with one attached hydrogen (secondary N) is 1. The van der Waals surface area contributed by atoms with Crippen molar-refractivity contribution >= 4 is 17.5 Å². The molecule has 1 heterocycles. The third-order valence-corrected chi connectivity index (χ3v) is 3.71. The molecular weight excluding hydrogens is 288 g/mol. The second-order valence-corrected chi connectivity index (χ2v) is 6.77. The smallest absolute Gasteiger partial charge is 0.412 e. The number of fused-ring (bicyclic) bond motifs is 1. The maximum atomic E-state index is 12.0. The fourth-order valence-corrected chi connectivity index (χ4v) is 2.69. The van der Waals surface area contributed by atoms with Crippen molar-refractivity contribution in [2.75, 3.05) is 10.2 Å². The summed E-state index contributed by atoms with van der Waals surface area (Å²) in [7, 11) is 0. The number of benzene rings is 2. The van der Waals surface area contributed by atoms with E-state index in [1.807, 2.05) is 45.0 Å². The second-order valence-electron chi connectivity index (χ2n) is 6.77. The first kappa shape index (κ1) is 15.4. The number of para-hydroxylation sites is 2. The molecule has 0 unspecified atom stereocenters. The van der Waals surface area contributed by atoms with Gasteiger partial charge in [0.05, 0.1) is 0 Å². The number of ether oxygens (including phenoxy) is 1. The van der Waals surface area contributed by atoms with Gasteiger partial charge in [-0.05, 0) is 44.0 Å². The van der Waals surface area contributed by atoms with E-state index in [-0.39, 0.29) is 0 Å². The van der Waals surface area contributed by atoms with Crippen LogP contribution in [0.15, 0.2) is 48.5 Å². The number of carbonyl (C=O) groups excluding carboxylic acids is 1. The Balaban J connectivity index is 1.71. The first-order chi connectivity index (χ1) is 10.9. The Bertz CT molecular complexity index is 719. The predicted molar refractivity (Wildman–Crippen MR) is 92.6 cm³/mol. The fourth-order valence-electron chi connectivity index (χ4n) is 2.69. The van der Waals surface area contributed by atoms with Crippen LogP contribution in [0.3, 0.4) is 0 Å². The van der Waals surface area contributed by atoms with Crippen LogP contribution in [0.4, 0.5) is 16.2 Å². The lowest BCUT2D eigenvalue weighted by Crippen LogP contribution is -2.32. The van der Waals surface area contributed by atoms with Gasteiger partial charge in [0.25, 0.3) is 0 Å². The highest BCUT2D eigenvalue weighted by Gasteiger charge is 2.23. The lowest BCUT2D eigenvalue weighted by molar-refractivity contribution is 0.0636. The lowest BCUT2D eigenvalue weighted by atomic mass is 10.0. The monoisotopic (exact) mass is 310 g/mol. The number of carbonyl (C=O) groups is 1. The van der Waals surface area contributed by atoms with E-state index >= 15 is 0 Å². The van der Waals surface area contributed by atoms with Crippen LogP contribution in [0.2, 0.25) is 0 Å². The Morgan fingerprint density at radius 1 is 1.13 bits per heavy atom. The van der Waals surface area contributed by atoms with Gasteiger partial charge in [-0.2, -0.15) is 0 Å². The second kappa shape index (κ2) is 5.95. The standard InChI is InChI=1S/C19H22N2O2/c1-19(2,3)23-18(22)20-16-10-6-4-8-14(16)12-21-13-15-9-5-7-11-17(15)21/h4-11H,12-13H2,1-3H3,(H,20,22). The Morgan fingerprint density at radius 3 is 2.57 bits per heavy atom. The van der Waals surface area contributed by atoms with Gasteiger partial charge in [-0.25, -0.2) is 4.79 Å². The zero-order valence-electron chi connectivity index (χ0n) is 13.8. The van der Waals surface area contributed by atoms with Crippen molar-refractivity contribution < 1.29 is 9.53 Å². The first-order valence-corrected chi connectivity index (χ1v) is 7.83. The van der Waals surface area contributed by atoms with E-state index in [1.54, 1.807) is 0 Å². The van der Waals surface area contributed by atoms with Gasteiger partial charge < -0.3 is 9.64 Å². The Kier molecular flexibility index (Phi) is 3.99. The maximum Gasteiger partial charge on any atom is 0.412 e. The number of nitrogens with zero attached hydrogens (tertiary/aromatic N) is 1. The highest BCUT2D eigenvalue weighted by atomic mass is 16.6. The molecule has 1 N–H and O–H groups in total. The molecule has 3 rings (SSSR count). The van der Waals surface area contributed by atoms with Gasteiger partial charge >= 0.3 is 6.09 Å². The molecule has 0 saturated carbocycles. The molecule has 0 radical (unpaired) electrons. The third kappa shape index (κ3) is 3.65. The summed E-state index contributed by atoms with van der Waals surface area (Å²) < 4.78 is 5.33. The van der Waals surface area contributed by atoms with E-state index in [4.69, 9.17) is 4.74 Å². The molecule has 1 aliphatic rings. The largest absolute Gasteiger partial charge is 0.444 e. The Morgan fingerprint density at radius 2 is 1.83 bits per heavy atom. The van der Waals surface area contributed by atoms with E-state index in [1.165, 1.54) is 11.3 Å². The number of amides is 1. The van der Waals surface area contributed by atoms with Gasteiger partial charge in [0.15, 0.2) is 0 Å². The van der Waals surface area contributed by atoms with E-state index in [2.05, 4.69) is 34.5 Å². The van der Waals surface area contributed by atoms with Crippen molar-refractivity contribution in [3.63, 3.8) is 0 Å². The number of hydrogen-bond donors (Lipinski definition) is 1. The van der Waals surface area contributed by atoms with Crippen LogP contribution in [0.5, 0.6) is 0 Å². The molecule has 1 aliphatic heterocycles. The number of anilines is 2. The molecule has 2 aromatic carbocycles. The van der Waals surface area contributed by atoms with Crippen LogP contribution >= 0.6 is 0 Å². The molecule has 0 aromatic heterocycles. The molecule has 0 fully saturated rings. The highest BCUT2D eigenvalue weighted by molar-refractivity contribution is 5.86. The van der Waals surface area contributed by atoms with Gasteiger partial charge in [-0.3, -0.25) is 5.32 Å². The summed E-state index contributed by atoms with van der Waals surface area (Å²) in [5, 5.41) is 2.86. The summed E-state index contributed by atoms with van der Waals surface area (Å²) in [5.41, 5.74) is 4.00. The van der Waals surface area contributed by atoms with Crippen LogP contribution in [0.25, 0.3) is 0 Å². The zero-order chi connectivity index (χ0) is 16.4. The molecule has 0 bridgehead atoms. The topological polar surface area (TPSA) is 41.6 Å². The van der Waals surface area contributed by atoms with Crippen molar-refractivity contribution in [2.24, 2.45) is 0 Å². The van der Waals surface area contributed by atoms with Crippen molar-refractivity contribution in [2.45, 2.75) is 39.5 Å². The van der Waals surface area contributed by atoms with Crippen LogP contribution in [-0.2, 0) is 17.8 Å². The van der Waals surface area contributed by atoms with Gasteiger partial charge in [0, 0.05) is 24.5 Å². The van der Waals surface area contributed by atoms with Gasteiger partial charge in [-0.15, -0.1) is 0 Å². The highest BCUT2D eigenvalue weighted by Crippen LogP contribution is 2.34. The molecular formula is C19H22N2O2. The summed E-state index contributed by atoms with van der Waals surface area (Å²) >= 11 is 0. The average Bonchev–Trinajstić information content (AvgIpc) is 2.44. The van der Waals surface area contributed by atoms with Gasteiger partial charge in [0.2, 0.25) is 0 Å². The third-order valence-electron chi connectivity index (χ3n) is 3.71.